The predicted octanol–water partition coefficient (Wildman–Crippen LogP) is 5.44. The van der Waals surface area contributed by atoms with E-state index in [1.54, 1.807) is 0 Å². The first-order chi connectivity index (χ1) is 9.62. The van der Waals surface area contributed by atoms with Gasteiger partial charge in [0, 0.05) is 0 Å². The lowest BCUT2D eigenvalue weighted by Crippen LogP contribution is -2.42. The van der Waals surface area contributed by atoms with Gasteiger partial charge in [0.25, 0.3) is 0 Å². The predicted molar refractivity (Wildman–Crippen MR) is 93.1 cm³/mol. The van der Waals surface area contributed by atoms with Gasteiger partial charge in [0.15, 0.2) is 0 Å². The van der Waals surface area contributed by atoms with Crippen molar-refractivity contribution in [3.8, 4) is 0 Å². The molecule has 118 valence electrons. The van der Waals surface area contributed by atoms with E-state index in [1.807, 2.05) is 25.2 Å². The highest BCUT2D eigenvalue weighted by molar-refractivity contribution is 5.17. The Labute approximate surface area is 131 Å². The molecule has 0 bridgehead atoms. The second-order valence-electron chi connectivity index (χ2n) is 7.41. The zero-order chi connectivity index (χ0) is 16.3. The highest BCUT2D eigenvalue weighted by atomic mass is 16.3. The molecule has 0 amide bonds. The Balaban J connectivity index is 2.91. The average Bonchev–Trinajstić information content (AvgIpc) is 2.37. The molecule has 1 saturated carbocycles. The molecule has 0 aromatic heterocycles. The fourth-order valence-corrected chi connectivity index (χ4v) is 3.44. The lowest BCUT2D eigenvalue weighted by atomic mass is 9.59. The van der Waals surface area contributed by atoms with E-state index in [9.17, 15) is 5.11 Å². The number of aliphatic hydroxyl groups is 1. The second kappa shape index (κ2) is 6.79. The number of allylic oxidation sites excluding steroid dienone is 5. The van der Waals surface area contributed by atoms with Crippen LogP contribution in [0.2, 0.25) is 0 Å². The summed E-state index contributed by atoms with van der Waals surface area (Å²) in [6, 6.07) is 0. The van der Waals surface area contributed by atoms with E-state index >= 15 is 0 Å². The molecule has 4 atom stereocenters. The van der Waals surface area contributed by atoms with Crippen molar-refractivity contribution in [3.05, 3.63) is 48.6 Å². The van der Waals surface area contributed by atoms with E-state index in [0.717, 1.165) is 19.3 Å². The Morgan fingerprint density at radius 3 is 2.43 bits per heavy atom. The summed E-state index contributed by atoms with van der Waals surface area (Å²) >= 11 is 0. The molecule has 1 fully saturated rings. The third kappa shape index (κ3) is 4.44. The van der Waals surface area contributed by atoms with Crippen molar-refractivity contribution in [1.82, 2.24) is 0 Å². The first-order valence-electron chi connectivity index (χ1n) is 7.96. The maximum Gasteiger partial charge on any atom is 0.0830 e. The molecule has 0 aromatic rings. The molecule has 1 nitrogen and oxygen atoms in total. The average molecular weight is 288 g/mol. The lowest BCUT2D eigenvalue weighted by molar-refractivity contribution is -0.00222. The van der Waals surface area contributed by atoms with Gasteiger partial charge in [0.1, 0.15) is 0 Å². The van der Waals surface area contributed by atoms with Gasteiger partial charge in [-0.2, -0.15) is 0 Å². The van der Waals surface area contributed by atoms with Gasteiger partial charge in [-0.15, -0.1) is 6.58 Å². The molecule has 0 radical (unpaired) electrons. The third-order valence-electron chi connectivity index (χ3n) is 5.10. The van der Waals surface area contributed by atoms with Gasteiger partial charge >= 0.3 is 0 Å². The maximum atomic E-state index is 10.8. The summed E-state index contributed by atoms with van der Waals surface area (Å²) in [5.74, 6) is 0.672. The van der Waals surface area contributed by atoms with Gasteiger partial charge in [-0.05, 0) is 64.2 Å². The highest BCUT2D eigenvalue weighted by Crippen LogP contribution is 2.49. The van der Waals surface area contributed by atoms with Crippen molar-refractivity contribution in [3.63, 3.8) is 0 Å². The first-order valence-corrected chi connectivity index (χ1v) is 7.96. The molecule has 0 unspecified atom stereocenters. The third-order valence-corrected chi connectivity index (χ3v) is 5.10. The zero-order valence-corrected chi connectivity index (χ0v) is 14.4. The van der Waals surface area contributed by atoms with Gasteiger partial charge in [0.2, 0.25) is 0 Å². The summed E-state index contributed by atoms with van der Waals surface area (Å²) in [5.41, 5.74) is 1.79. The van der Waals surface area contributed by atoms with E-state index in [4.69, 9.17) is 0 Å². The van der Waals surface area contributed by atoms with Crippen LogP contribution in [0.1, 0.15) is 53.9 Å². The molecule has 0 heterocycles. The Hall–Kier alpha value is -1.08. The van der Waals surface area contributed by atoms with E-state index in [0.29, 0.717) is 5.92 Å². The normalized spacial score (nSPS) is 32.5. The minimum atomic E-state index is -0.762. The van der Waals surface area contributed by atoms with Crippen LogP contribution in [-0.4, -0.2) is 10.7 Å². The van der Waals surface area contributed by atoms with E-state index in [1.165, 1.54) is 11.1 Å². The number of rotatable bonds is 5. The SMILES string of the molecule is C=C[C@@]1(C)CC[C@H]([C@](C)(O)/C=C/C=C(C)C)C[C@@H]1C(=C)C. The Morgan fingerprint density at radius 1 is 1.33 bits per heavy atom. The molecule has 1 heteroatoms. The van der Waals surface area contributed by atoms with Gasteiger partial charge in [-0.3, -0.25) is 0 Å². The number of hydrogen-bond donors (Lipinski definition) is 1. The molecule has 21 heavy (non-hydrogen) atoms. The van der Waals surface area contributed by atoms with Crippen molar-refractivity contribution < 1.29 is 5.11 Å². The standard InChI is InChI=1S/C20H32O/c1-8-19(6)13-11-17(14-18(19)16(4)5)20(7,21)12-9-10-15(2)3/h8-10,12,17-18,21H,1,4,11,13-14H2,2-3,5-7H3/b12-9+/t17-,18+,19-,20+/m0/s1. The van der Waals surface area contributed by atoms with Crippen molar-refractivity contribution in [2.24, 2.45) is 17.3 Å². The van der Waals surface area contributed by atoms with Crippen LogP contribution in [0, 0.1) is 17.3 Å². The summed E-state index contributed by atoms with van der Waals surface area (Å²) in [6.07, 6.45) is 11.1. The second-order valence-corrected chi connectivity index (χ2v) is 7.41. The largest absolute Gasteiger partial charge is 0.386 e. The molecule has 0 aromatic carbocycles. The van der Waals surface area contributed by atoms with Crippen LogP contribution >= 0.6 is 0 Å². The van der Waals surface area contributed by atoms with Crippen LogP contribution < -0.4 is 0 Å². The summed E-state index contributed by atoms with van der Waals surface area (Å²) in [6.45, 7) is 18.6. The van der Waals surface area contributed by atoms with E-state index < -0.39 is 5.60 Å². The van der Waals surface area contributed by atoms with Crippen molar-refractivity contribution in [1.29, 1.82) is 0 Å². The number of hydrogen-bond acceptors (Lipinski definition) is 1. The summed E-state index contributed by atoms with van der Waals surface area (Å²) in [5, 5.41) is 10.8. The molecule has 1 aliphatic rings. The molecule has 1 rings (SSSR count). The van der Waals surface area contributed by atoms with Gasteiger partial charge in [0.05, 0.1) is 5.60 Å². The zero-order valence-electron chi connectivity index (χ0n) is 14.4. The quantitative estimate of drug-likeness (QED) is 0.527. The van der Waals surface area contributed by atoms with Crippen LogP contribution in [0.25, 0.3) is 0 Å². The topological polar surface area (TPSA) is 20.2 Å². The molecular formula is C20H32O. The molecule has 0 aliphatic heterocycles. The Bertz CT molecular complexity index is 448. The highest BCUT2D eigenvalue weighted by Gasteiger charge is 2.42. The molecule has 1 N–H and O–H groups in total. The lowest BCUT2D eigenvalue weighted by Gasteiger charge is -2.46. The van der Waals surface area contributed by atoms with Crippen LogP contribution in [0.5, 0.6) is 0 Å². The minimum Gasteiger partial charge on any atom is -0.386 e. The molecule has 0 saturated heterocycles. The van der Waals surface area contributed by atoms with Crippen molar-refractivity contribution in [2.45, 2.75) is 59.5 Å². The summed E-state index contributed by atoms with van der Waals surface area (Å²) in [4.78, 5) is 0. The summed E-state index contributed by atoms with van der Waals surface area (Å²) in [7, 11) is 0. The Morgan fingerprint density at radius 2 is 1.95 bits per heavy atom. The van der Waals surface area contributed by atoms with E-state index in [2.05, 4.69) is 46.9 Å². The van der Waals surface area contributed by atoms with Crippen molar-refractivity contribution >= 4 is 0 Å². The monoisotopic (exact) mass is 288 g/mol. The molecule has 1 aliphatic carbocycles. The van der Waals surface area contributed by atoms with Crippen LogP contribution in [0.3, 0.4) is 0 Å². The van der Waals surface area contributed by atoms with E-state index in [-0.39, 0.29) is 11.3 Å². The fraction of sp³-hybridized carbons (Fsp3) is 0.600. The fourth-order valence-electron chi connectivity index (χ4n) is 3.44. The minimum absolute atomic E-state index is 0.113. The van der Waals surface area contributed by atoms with Gasteiger partial charge in [-0.1, -0.05) is 49.0 Å². The van der Waals surface area contributed by atoms with Crippen molar-refractivity contribution in [2.75, 3.05) is 0 Å². The van der Waals surface area contributed by atoms with Gasteiger partial charge < -0.3 is 5.11 Å². The maximum absolute atomic E-state index is 10.8. The van der Waals surface area contributed by atoms with Crippen LogP contribution in [-0.2, 0) is 0 Å². The smallest absolute Gasteiger partial charge is 0.0830 e. The molecular weight excluding hydrogens is 256 g/mol. The summed E-state index contributed by atoms with van der Waals surface area (Å²) < 4.78 is 0. The van der Waals surface area contributed by atoms with Crippen LogP contribution in [0.15, 0.2) is 48.6 Å². The molecule has 0 spiro atoms. The Kier molecular flexibility index (Phi) is 5.81. The van der Waals surface area contributed by atoms with Gasteiger partial charge in [-0.25, -0.2) is 0 Å². The first kappa shape index (κ1) is 18.0. The van der Waals surface area contributed by atoms with Crippen LogP contribution in [0.4, 0.5) is 0 Å².